The third-order valence-electron chi connectivity index (χ3n) is 3.22. The van der Waals surface area contributed by atoms with E-state index in [0.29, 0.717) is 22.2 Å². The summed E-state index contributed by atoms with van der Waals surface area (Å²) in [5.41, 5.74) is 1.56. The first-order chi connectivity index (χ1) is 9.65. The minimum Gasteiger partial charge on any atom is -0.458 e. The van der Waals surface area contributed by atoms with Crippen molar-refractivity contribution in [3.05, 3.63) is 69.9 Å². The van der Waals surface area contributed by atoms with Crippen molar-refractivity contribution in [1.82, 2.24) is 0 Å². The fourth-order valence-corrected chi connectivity index (χ4v) is 2.58. The Kier molecular flexibility index (Phi) is 3.70. The summed E-state index contributed by atoms with van der Waals surface area (Å²) in [5.74, 6) is 0.530. The summed E-state index contributed by atoms with van der Waals surface area (Å²) >= 11 is 12.1. The van der Waals surface area contributed by atoms with E-state index in [4.69, 9.17) is 27.6 Å². The molecule has 1 atom stereocenters. The number of rotatable bonds is 3. The third kappa shape index (κ3) is 2.55. The van der Waals surface area contributed by atoms with Crippen LogP contribution in [0, 0.1) is 0 Å². The molecule has 1 aromatic heterocycles. The van der Waals surface area contributed by atoms with Crippen LogP contribution in [-0.4, -0.2) is 5.11 Å². The monoisotopic (exact) mass is 306 g/mol. The molecule has 0 radical (unpaired) electrons. The summed E-state index contributed by atoms with van der Waals surface area (Å²) in [6.45, 7) is 0. The molecule has 2 aromatic carbocycles. The lowest BCUT2D eigenvalue weighted by Gasteiger charge is -2.10. The maximum atomic E-state index is 10.3. The summed E-state index contributed by atoms with van der Waals surface area (Å²) in [6.07, 6.45) is -0.391. The maximum absolute atomic E-state index is 10.3. The van der Waals surface area contributed by atoms with Crippen LogP contribution in [0.5, 0.6) is 0 Å². The molecule has 2 nitrogen and oxygen atoms in total. The van der Waals surface area contributed by atoms with Gasteiger partial charge in [0, 0.05) is 11.8 Å². The topological polar surface area (TPSA) is 33.4 Å². The SMILES string of the molecule is OC(Cc1cccc(Cl)c1Cl)c1cc2ccccc2o1. The standard InChI is InChI=1S/C16H12Cl2O2/c17-12-6-3-5-11(16(12)18)8-13(19)15-9-10-4-1-2-7-14(10)20-15/h1-7,9,13,19H,8H2. The lowest BCUT2D eigenvalue weighted by atomic mass is 10.1. The lowest BCUT2D eigenvalue weighted by molar-refractivity contribution is 0.152. The average molecular weight is 307 g/mol. The number of furan rings is 1. The highest BCUT2D eigenvalue weighted by Gasteiger charge is 2.16. The van der Waals surface area contributed by atoms with Gasteiger partial charge in [-0.05, 0) is 23.8 Å². The van der Waals surface area contributed by atoms with Crippen LogP contribution in [-0.2, 0) is 6.42 Å². The Morgan fingerprint density at radius 1 is 1.05 bits per heavy atom. The normalized spacial score (nSPS) is 12.8. The Labute approximate surface area is 126 Å². The smallest absolute Gasteiger partial charge is 0.134 e. The van der Waals surface area contributed by atoms with Gasteiger partial charge in [-0.2, -0.15) is 0 Å². The molecular formula is C16H12Cl2O2. The van der Waals surface area contributed by atoms with Gasteiger partial charge >= 0.3 is 0 Å². The molecule has 1 N–H and O–H groups in total. The van der Waals surface area contributed by atoms with Gasteiger partial charge in [-0.3, -0.25) is 0 Å². The van der Waals surface area contributed by atoms with Crippen LogP contribution in [0.1, 0.15) is 17.4 Å². The van der Waals surface area contributed by atoms with E-state index >= 15 is 0 Å². The number of hydrogen-bond donors (Lipinski definition) is 1. The van der Waals surface area contributed by atoms with Crippen LogP contribution in [0.25, 0.3) is 11.0 Å². The van der Waals surface area contributed by atoms with Crippen LogP contribution in [0.4, 0.5) is 0 Å². The van der Waals surface area contributed by atoms with Gasteiger partial charge in [-0.25, -0.2) is 0 Å². The van der Waals surface area contributed by atoms with Gasteiger partial charge in [-0.1, -0.05) is 53.5 Å². The summed E-state index contributed by atoms with van der Waals surface area (Å²) in [5, 5.41) is 12.2. The first-order valence-corrected chi connectivity index (χ1v) is 7.00. The molecule has 4 heteroatoms. The number of benzene rings is 2. The number of halogens is 2. The average Bonchev–Trinajstić information content (AvgIpc) is 2.88. The van der Waals surface area contributed by atoms with Crippen molar-refractivity contribution in [3.63, 3.8) is 0 Å². The summed E-state index contributed by atoms with van der Waals surface area (Å²) in [4.78, 5) is 0. The van der Waals surface area contributed by atoms with Gasteiger partial charge in [-0.15, -0.1) is 0 Å². The van der Waals surface area contributed by atoms with Crippen molar-refractivity contribution in [2.24, 2.45) is 0 Å². The van der Waals surface area contributed by atoms with Crippen molar-refractivity contribution in [2.75, 3.05) is 0 Å². The highest BCUT2D eigenvalue weighted by atomic mass is 35.5. The molecule has 0 aliphatic carbocycles. The highest BCUT2D eigenvalue weighted by molar-refractivity contribution is 6.42. The van der Waals surface area contributed by atoms with Crippen molar-refractivity contribution in [1.29, 1.82) is 0 Å². The molecule has 0 fully saturated rings. The molecule has 0 spiro atoms. The molecule has 0 bridgehead atoms. The Morgan fingerprint density at radius 3 is 2.65 bits per heavy atom. The zero-order valence-corrected chi connectivity index (χ0v) is 12.0. The van der Waals surface area contributed by atoms with Crippen molar-refractivity contribution in [2.45, 2.75) is 12.5 Å². The van der Waals surface area contributed by atoms with Crippen LogP contribution < -0.4 is 0 Å². The third-order valence-corrected chi connectivity index (χ3v) is 4.08. The van der Waals surface area contributed by atoms with Gasteiger partial charge in [0.2, 0.25) is 0 Å². The van der Waals surface area contributed by atoms with E-state index in [0.717, 1.165) is 16.5 Å². The predicted octanol–water partition coefficient (Wildman–Crippen LogP) is 5.02. The van der Waals surface area contributed by atoms with E-state index in [1.807, 2.05) is 42.5 Å². The van der Waals surface area contributed by atoms with E-state index in [2.05, 4.69) is 0 Å². The summed E-state index contributed by atoms with van der Waals surface area (Å²) in [7, 11) is 0. The summed E-state index contributed by atoms with van der Waals surface area (Å²) < 4.78 is 5.65. The summed E-state index contributed by atoms with van der Waals surface area (Å²) in [6, 6.07) is 14.9. The fraction of sp³-hybridized carbons (Fsp3) is 0.125. The number of aliphatic hydroxyl groups excluding tert-OH is 1. The molecule has 3 rings (SSSR count). The van der Waals surface area contributed by atoms with E-state index in [1.54, 1.807) is 6.07 Å². The molecule has 0 aliphatic rings. The van der Waals surface area contributed by atoms with Gasteiger partial charge < -0.3 is 9.52 Å². The largest absolute Gasteiger partial charge is 0.458 e. The number of fused-ring (bicyclic) bond motifs is 1. The van der Waals surface area contributed by atoms with Gasteiger partial charge in [0.05, 0.1) is 10.0 Å². The van der Waals surface area contributed by atoms with E-state index in [1.165, 1.54) is 0 Å². The first-order valence-electron chi connectivity index (χ1n) is 6.24. The Hall–Kier alpha value is -1.48. The Morgan fingerprint density at radius 2 is 1.85 bits per heavy atom. The number of aliphatic hydroxyl groups is 1. The van der Waals surface area contributed by atoms with Crippen molar-refractivity contribution in [3.8, 4) is 0 Å². The van der Waals surface area contributed by atoms with Crippen LogP contribution in [0.2, 0.25) is 10.0 Å². The van der Waals surface area contributed by atoms with Crippen molar-refractivity contribution >= 4 is 34.2 Å². The van der Waals surface area contributed by atoms with E-state index < -0.39 is 6.10 Å². The molecule has 0 saturated carbocycles. The Bertz CT molecular complexity index is 716. The van der Waals surface area contributed by atoms with E-state index in [-0.39, 0.29) is 0 Å². The number of para-hydroxylation sites is 1. The Balaban J connectivity index is 1.89. The molecule has 0 amide bonds. The fourth-order valence-electron chi connectivity index (χ4n) is 2.18. The minimum atomic E-state index is -0.752. The molecule has 3 aromatic rings. The molecule has 20 heavy (non-hydrogen) atoms. The second kappa shape index (κ2) is 5.49. The van der Waals surface area contributed by atoms with Gasteiger partial charge in [0.25, 0.3) is 0 Å². The molecule has 0 saturated heterocycles. The molecular weight excluding hydrogens is 295 g/mol. The quantitative estimate of drug-likeness (QED) is 0.737. The maximum Gasteiger partial charge on any atom is 0.134 e. The predicted molar refractivity (Wildman–Crippen MR) is 81.3 cm³/mol. The zero-order chi connectivity index (χ0) is 14.1. The molecule has 1 unspecified atom stereocenters. The molecule has 102 valence electrons. The number of hydrogen-bond acceptors (Lipinski definition) is 2. The lowest BCUT2D eigenvalue weighted by Crippen LogP contribution is -2.01. The van der Waals surface area contributed by atoms with Crippen LogP contribution in [0.3, 0.4) is 0 Å². The van der Waals surface area contributed by atoms with E-state index in [9.17, 15) is 5.11 Å². The zero-order valence-electron chi connectivity index (χ0n) is 10.5. The van der Waals surface area contributed by atoms with Crippen LogP contribution >= 0.6 is 23.2 Å². The van der Waals surface area contributed by atoms with Gasteiger partial charge in [0.15, 0.2) is 0 Å². The van der Waals surface area contributed by atoms with Crippen LogP contribution in [0.15, 0.2) is 52.9 Å². The first kappa shape index (κ1) is 13.5. The molecule has 0 aliphatic heterocycles. The second-order valence-corrected chi connectivity index (χ2v) is 5.40. The molecule has 1 heterocycles. The van der Waals surface area contributed by atoms with Gasteiger partial charge in [0.1, 0.15) is 17.4 Å². The minimum absolute atomic E-state index is 0.360. The van der Waals surface area contributed by atoms with Crippen molar-refractivity contribution < 1.29 is 9.52 Å². The second-order valence-electron chi connectivity index (χ2n) is 4.62. The highest BCUT2D eigenvalue weighted by Crippen LogP contribution is 2.31.